The molecule has 0 unspecified atom stereocenters. The van der Waals surface area contributed by atoms with Gasteiger partial charge >= 0.3 is 0 Å². The van der Waals surface area contributed by atoms with E-state index in [1.165, 1.54) is 18.4 Å². The highest BCUT2D eigenvalue weighted by atomic mass is 16.5. The molecule has 1 aromatic heterocycles. The number of aromatic nitrogens is 1. The van der Waals surface area contributed by atoms with Crippen LogP contribution in [0.2, 0.25) is 0 Å². The van der Waals surface area contributed by atoms with Crippen molar-refractivity contribution in [2.24, 2.45) is 11.8 Å². The Balaban J connectivity index is 1.66. The van der Waals surface area contributed by atoms with Crippen LogP contribution in [-0.4, -0.2) is 29.2 Å². The molecule has 1 fully saturated rings. The number of nitrogens with zero attached hydrogens (tertiary/aromatic N) is 2. The summed E-state index contributed by atoms with van der Waals surface area (Å²) in [7, 11) is 0. The summed E-state index contributed by atoms with van der Waals surface area (Å²) in [5, 5.41) is 12.4. The molecule has 156 valence electrons. The molecule has 1 amide bonds. The average Bonchev–Trinajstić information content (AvgIpc) is 2.74. The minimum Gasteiger partial charge on any atom is -0.357 e. The first-order valence-electron chi connectivity index (χ1n) is 10.5. The molecule has 2 aromatic rings. The van der Waals surface area contributed by atoms with Crippen molar-refractivity contribution in [3.8, 4) is 0 Å². The highest BCUT2D eigenvalue weighted by Gasteiger charge is 2.18. The Morgan fingerprint density at radius 1 is 1.21 bits per heavy atom. The van der Waals surface area contributed by atoms with Crippen molar-refractivity contribution in [2.75, 3.05) is 18.0 Å². The molecule has 29 heavy (non-hydrogen) atoms. The number of carbonyl (C=O) groups excluding carboxylic acids is 1. The second kappa shape index (κ2) is 9.85. The maximum Gasteiger partial charge on any atom is 0.274 e. The third kappa shape index (κ3) is 5.55. The van der Waals surface area contributed by atoms with Crippen LogP contribution in [0.4, 0.5) is 5.82 Å². The first kappa shape index (κ1) is 21.3. The lowest BCUT2D eigenvalue weighted by Crippen LogP contribution is -2.33. The molecule has 6 heteroatoms. The zero-order valence-corrected chi connectivity index (χ0v) is 17.6. The summed E-state index contributed by atoms with van der Waals surface area (Å²) in [6.07, 6.45) is 4.35. The normalized spacial score (nSPS) is 16.1. The van der Waals surface area contributed by atoms with Gasteiger partial charge in [0.2, 0.25) is 0 Å². The fraction of sp³-hybridized carbons (Fsp3) is 0.478. The molecule has 0 spiro atoms. The number of carbonyl (C=O) groups is 1. The van der Waals surface area contributed by atoms with Crippen LogP contribution >= 0.6 is 0 Å². The molecule has 1 saturated heterocycles. The second-order valence-electron chi connectivity index (χ2n) is 8.36. The summed E-state index contributed by atoms with van der Waals surface area (Å²) >= 11 is 0. The molecule has 1 aromatic carbocycles. The molecule has 1 aliphatic heterocycles. The van der Waals surface area contributed by atoms with Gasteiger partial charge in [-0.25, -0.2) is 10.5 Å². The van der Waals surface area contributed by atoms with Gasteiger partial charge in [-0.2, -0.15) is 0 Å². The van der Waals surface area contributed by atoms with E-state index in [4.69, 9.17) is 5.21 Å². The fourth-order valence-corrected chi connectivity index (χ4v) is 3.85. The van der Waals surface area contributed by atoms with E-state index in [9.17, 15) is 4.79 Å². The van der Waals surface area contributed by atoms with Crippen LogP contribution in [0.1, 0.15) is 61.1 Å². The maximum atomic E-state index is 11.5. The Bertz CT molecular complexity index is 799. The molecule has 1 aliphatic rings. The van der Waals surface area contributed by atoms with E-state index < -0.39 is 5.91 Å². The third-order valence-electron chi connectivity index (χ3n) is 5.74. The molecule has 2 heterocycles. The van der Waals surface area contributed by atoms with E-state index >= 15 is 0 Å². The van der Waals surface area contributed by atoms with Crippen molar-refractivity contribution in [1.82, 2.24) is 15.8 Å². The molecule has 0 radical (unpaired) electrons. The van der Waals surface area contributed by atoms with Crippen LogP contribution in [-0.2, 0) is 6.54 Å². The molecule has 0 bridgehead atoms. The topological polar surface area (TPSA) is 77.5 Å². The van der Waals surface area contributed by atoms with E-state index in [0.29, 0.717) is 11.5 Å². The summed E-state index contributed by atoms with van der Waals surface area (Å²) in [6.45, 7) is 9.58. The predicted molar refractivity (Wildman–Crippen MR) is 115 cm³/mol. The van der Waals surface area contributed by atoms with Crippen molar-refractivity contribution >= 4 is 11.7 Å². The maximum absolute atomic E-state index is 11.5. The van der Waals surface area contributed by atoms with Gasteiger partial charge in [0.05, 0.1) is 0 Å². The Morgan fingerprint density at radius 3 is 2.52 bits per heavy atom. The second-order valence-corrected chi connectivity index (χ2v) is 8.36. The molecule has 3 rings (SSSR count). The van der Waals surface area contributed by atoms with Crippen molar-refractivity contribution in [3.05, 3.63) is 59.3 Å². The van der Waals surface area contributed by atoms with Gasteiger partial charge in [-0.1, -0.05) is 32.9 Å². The number of hydrogen-bond donors (Lipinski definition) is 3. The number of piperidine rings is 1. The highest BCUT2D eigenvalue weighted by molar-refractivity contribution is 5.93. The zero-order valence-electron chi connectivity index (χ0n) is 17.6. The van der Waals surface area contributed by atoms with Gasteiger partial charge in [-0.3, -0.25) is 10.0 Å². The van der Waals surface area contributed by atoms with E-state index in [-0.39, 0.29) is 6.04 Å². The Kier molecular flexibility index (Phi) is 7.23. The lowest BCUT2D eigenvalue weighted by molar-refractivity contribution is 0.0706. The molecule has 1 atom stereocenters. The lowest BCUT2D eigenvalue weighted by atomic mass is 9.95. The average molecular weight is 397 g/mol. The number of pyridine rings is 1. The van der Waals surface area contributed by atoms with E-state index in [1.54, 1.807) is 17.6 Å². The van der Waals surface area contributed by atoms with Gasteiger partial charge in [0.25, 0.3) is 5.91 Å². The number of nitrogens with one attached hydrogen (secondary N) is 2. The van der Waals surface area contributed by atoms with Gasteiger partial charge in [0.15, 0.2) is 0 Å². The summed E-state index contributed by atoms with van der Waals surface area (Å²) in [6, 6.07) is 11.8. The summed E-state index contributed by atoms with van der Waals surface area (Å²) < 4.78 is 0. The van der Waals surface area contributed by atoms with E-state index in [2.05, 4.69) is 48.1 Å². The van der Waals surface area contributed by atoms with Crippen LogP contribution in [0.5, 0.6) is 0 Å². The van der Waals surface area contributed by atoms with Crippen LogP contribution in [0.25, 0.3) is 0 Å². The standard InChI is InChI=1S/C23H32N4O2/c1-16(2)22(19-4-6-20(7-5-19)23(28)26-29)25-15-18-8-11-24-21(14-18)27-12-9-17(3)10-13-27/h4-8,11,14,16-17,22,25,29H,9-10,12-13,15H2,1-3H3,(H,26,28)/t22-/m1/s1. The smallest absolute Gasteiger partial charge is 0.274 e. The summed E-state index contributed by atoms with van der Waals surface area (Å²) in [4.78, 5) is 18.5. The van der Waals surface area contributed by atoms with Gasteiger partial charge in [-0.15, -0.1) is 0 Å². The van der Waals surface area contributed by atoms with Crippen molar-refractivity contribution in [3.63, 3.8) is 0 Å². The van der Waals surface area contributed by atoms with Crippen LogP contribution in [0.15, 0.2) is 42.6 Å². The van der Waals surface area contributed by atoms with Gasteiger partial charge in [0, 0.05) is 37.4 Å². The number of hydroxylamine groups is 1. The fourth-order valence-electron chi connectivity index (χ4n) is 3.85. The minimum absolute atomic E-state index is 0.161. The quantitative estimate of drug-likeness (QED) is 0.488. The van der Waals surface area contributed by atoms with Crippen molar-refractivity contribution in [1.29, 1.82) is 0 Å². The number of rotatable bonds is 7. The van der Waals surface area contributed by atoms with Crippen molar-refractivity contribution in [2.45, 2.75) is 46.2 Å². The molecule has 6 nitrogen and oxygen atoms in total. The molecule has 3 N–H and O–H groups in total. The van der Waals surface area contributed by atoms with Crippen LogP contribution in [0, 0.1) is 11.8 Å². The Labute approximate surface area is 173 Å². The third-order valence-corrected chi connectivity index (χ3v) is 5.74. The van der Waals surface area contributed by atoms with Crippen molar-refractivity contribution < 1.29 is 10.0 Å². The SMILES string of the molecule is CC1CCN(c2cc(CN[C@@H](c3ccc(C(=O)NO)cc3)C(C)C)ccn2)CC1. The zero-order chi connectivity index (χ0) is 20.8. The van der Waals surface area contributed by atoms with E-state index in [0.717, 1.165) is 36.9 Å². The minimum atomic E-state index is -0.498. The molecule has 0 aliphatic carbocycles. The van der Waals surface area contributed by atoms with Gasteiger partial charge in [0.1, 0.15) is 5.82 Å². The lowest BCUT2D eigenvalue weighted by Gasteiger charge is -2.31. The van der Waals surface area contributed by atoms with Gasteiger partial charge in [-0.05, 0) is 60.1 Å². The first-order valence-corrected chi connectivity index (χ1v) is 10.5. The molecule has 0 saturated carbocycles. The Hall–Kier alpha value is -2.44. The largest absolute Gasteiger partial charge is 0.357 e. The van der Waals surface area contributed by atoms with Crippen LogP contribution in [0.3, 0.4) is 0 Å². The number of hydrogen-bond acceptors (Lipinski definition) is 5. The number of benzene rings is 1. The predicted octanol–water partition coefficient (Wildman–Crippen LogP) is 3.92. The first-order chi connectivity index (χ1) is 14.0. The van der Waals surface area contributed by atoms with Crippen LogP contribution < -0.4 is 15.7 Å². The monoisotopic (exact) mass is 396 g/mol. The van der Waals surface area contributed by atoms with E-state index in [1.807, 2.05) is 18.3 Å². The van der Waals surface area contributed by atoms with Gasteiger partial charge < -0.3 is 10.2 Å². The summed E-state index contributed by atoms with van der Waals surface area (Å²) in [5.41, 5.74) is 4.45. The molecular weight excluding hydrogens is 364 g/mol. The Morgan fingerprint density at radius 2 is 1.90 bits per heavy atom. The molecular formula is C23H32N4O2. The number of anilines is 1. The summed E-state index contributed by atoms with van der Waals surface area (Å²) in [5.74, 6) is 1.76. The highest BCUT2D eigenvalue weighted by Crippen LogP contribution is 2.24. The number of amides is 1.